The average molecular weight is 562 g/mol. The van der Waals surface area contributed by atoms with Crippen molar-refractivity contribution in [1.82, 2.24) is 0 Å². The molecule has 0 unspecified atom stereocenters. The maximum absolute atomic E-state index is 9.96. The van der Waals surface area contributed by atoms with E-state index in [0.29, 0.717) is 39.0 Å². The van der Waals surface area contributed by atoms with Crippen LogP contribution in [-0.2, 0) is 0 Å². The molecule has 2 heterocycles. The highest BCUT2D eigenvalue weighted by molar-refractivity contribution is 6.13. The van der Waals surface area contributed by atoms with Crippen LogP contribution in [0.1, 0.15) is 16.7 Å². The summed E-state index contributed by atoms with van der Waals surface area (Å²) in [6, 6.07) is 43.8. The van der Waals surface area contributed by atoms with Gasteiger partial charge in [-0.3, -0.25) is 0 Å². The fraction of sp³-hybridized carbons (Fsp3) is 0. The molecule has 0 aliphatic rings. The Kier molecular flexibility index (Phi) is 5.56. The van der Waals surface area contributed by atoms with Crippen LogP contribution in [0.5, 0.6) is 0 Å². The summed E-state index contributed by atoms with van der Waals surface area (Å²) in [7, 11) is 0. The first-order valence-electron chi connectivity index (χ1n) is 14.0. The normalized spacial score (nSPS) is 11.1. The van der Waals surface area contributed by atoms with E-state index in [1.54, 1.807) is 12.1 Å². The van der Waals surface area contributed by atoms with Crippen LogP contribution in [-0.4, -0.2) is 0 Å². The molecule has 202 valence electrons. The van der Waals surface area contributed by atoms with Gasteiger partial charge in [0.25, 0.3) is 0 Å². The third-order valence-electron chi connectivity index (χ3n) is 8.20. The molecule has 0 radical (unpaired) electrons. The van der Waals surface area contributed by atoms with Crippen LogP contribution >= 0.6 is 0 Å². The van der Waals surface area contributed by atoms with Crippen molar-refractivity contribution in [2.75, 3.05) is 0 Å². The Morgan fingerprint density at radius 2 is 0.727 bits per heavy atom. The Bertz CT molecular complexity index is 2450. The maximum Gasteiger partial charge on any atom is 0.153 e. The van der Waals surface area contributed by atoms with Gasteiger partial charge in [0, 0.05) is 32.7 Å². The Morgan fingerprint density at radius 3 is 1.20 bits per heavy atom. The highest BCUT2D eigenvalue weighted by Gasteiger charge is 2.19. The smallest absolute Gasteiger partial charge is 0.153 e. The monoisotopic (exact) mass is 561 g/mol. The van der Waals surface area contributed by atoms with E-state index in [1.165, 1.54) is 0 Å². The third-order valence-corrected chi connectivity index (χ3v) is 8.20. The number of fused-ring (bicyclic) bond motifs is 6. The summed E-state index contributed by atoms with van der Waals surface area (Å²) in [4.78, 5) is 0. The minimum atomic E-state index is 0.482. The highest BCUT2D eigenvalue weighted by Crippen LogP contribution is 2.42. The minimum Gasteiger partial charge on any atom is -0.454 e. The highest BCUT2D eigenvalue weighted by atomic mass is 16.3. The standard InChI is InChI=1S/C39H19N3O2/c40-20-23-7-1-2-10-29(23)26-17-27(30-11-5-15-34-32-13-3-8-24(21-41)36(32)43-38(30)34)19-28(18-26)31-12-6-16-35-33-14-4-9-25(22-42)37(33)44-39(31)35/h1-19H. The summed E-state index contributed by atoms with van der Waals surface area (Å²) in [5.41, 5.74) is 9.20. The summed E-state index contributed by atoms with van der Waals surface area (Å²) < 4.78 is 12.8. The van der Waals surface area contributed by atoms with E-state index in [-0.39, 0.29) is 0 Å². The van der Waals surface area contributed by atoms with Crippen molar-refractivity contribution >= 4 is 43.9 Å². The van der Waals surface area contributed by atoms with E-state index in [0.717, 1.165) is 54.9 Å². The van der Waals surface area contributed by atoms with E-state index >= 15 is 0 Å². The zero-order chi connectivity index (χ0) is 29.8. The van der Waals surface area contributed by atoms with Gasteiger partial charge in [0.1, 0.15) is 23.3 Å². The Hall–Kier alpha value is -6.61. The van der Waals surface area contributed by atoms with Gasteiger partial charge in [0.15, 0.2) is 11.2 Å². The van der Waals surface area contributed by atoms with Crippen LogP contribution in [0.4, 0.5) is 0 Å². The number of nitriles is 3. The largest absolute Gasteiger partial charge is 0.454 e. The predicted molar refractivity (Wildman–Crippen MR) is 171 cm³/mol. The number of nitrogens with zero attached hydrogens (tertiary/aromatic N) is 3. The van der Waals surface area contributed by atoms with Gasteiger partial charge in [-0.25, -0.2) is 0 Å². The van der Waals surface area contributed by atoms with Crippen molar-refractivity contribution in [3.63, 3.8) is 0 Å². The first kappa shape index (κ1) is 25.1. The average Bonchev–Trinajstić information content (AvgIpc) is 3.67. The van der Waals surface area contributed by atoms with Gasteiger partial charge in [-0.1, -0.05) is 78.9 Å². The molecule has 0 aliphatic carbocycles. The molecule has 0 amide bonds. The first-order chi connectivity index (χ1) is 21.7. The van der Waals surface area contributed by atoms with Crippen LogP contribution in [0, 0.1) is 34.0 Å². The second-order valence-electron chi connectivity index (χ2n) is 10.6. The van der Waals surface area contributed by atoms with Gasteiger partial charge in [-0.15, -0.1) is 0 Å². The molecule has 8 aromatic rings. The van der Waals surface area contributed by atoms with Crippen molar-refractivity contribution < 1.29 is 8.83 Å². The lowest BCUT2D eigenvalue weighted by molar-refractivity contribution is 0.668. The van der Waals surface area contributed by atoms with Crippen LogP contribution in [0.15, 0.2) is 124 Å². The quantitative estimate of drug-likeness (QED) is 0.214. The Balaban J connectivity index is 1.45. The Labute approximate surface area is 251 Å². The molecule has 0 spiro atoms. The molecule has 8 rings (SSSR count). The van der Waals surface area contributed by atoms with Crippen molar-refractivity contribution in [3.8, 4) is 51.6 Å². The Morgan fingerprint density at radius 1 is 0.364 bits per heavy atom. The summed E-state index contributed by atoms with van der Waals surface area (Å²) in [6.07, 6.45) is 0. The molecule has 5 nitrogen and oxygen atoms in total. The molecule has 2 aromatic heterocycles. The van der Waals surface area contributed by atoms with Crippen molar-refractivity contribution in [3.05, 3.63) is 132 Å². The van der Waals surface area contributed by atoms with Gasteiger partial charge in [0.05, 0.1) is 22.8 Å². The van der Waals surface area contributed by atoms with Gasteiger partial charge in [0.2, 0.25) is 0 Å². The van der Waals surface area contributed by atoms with Crippen molar-refractivity contribution in [2.24, 2.45) is 0 Å². The molecule has 0 saturated heterocycles. The van der Waals surface area contributed by atoms with Crippen LogP contribution < -0.4 is 0 Å². The first-order valence-corrected chi connectivity index (χ1v) is 14.0. The lowest BCUT2D eigenvalue weighted by atomic mass is 9.90. The summed E-state index contributed by atoms with van der Waals surface area (Å²) in [5, 5.41) is 33.0. The van der Waals surface area contributed by atoms with E-state index in [2.05, 4.69) is 36.4 Å². The summed E-state index contributed by atoms with van der Waals surface area (Å²) >= 11 is 0. The zero-order valence-electron chi connectivity index (χ0n) is 23.1. The minimum absolute atomic E-state index is 0.482. The molecule has 0 bridgehead atoms. The topological polar surface area (TPSA) is 97.7 Å². The molecule has 0 aliphatic heterocycles. The van der Waals surface area contributed by atoms with Gasteiger partial charge in [-0.2, -0.15) is 15.8 Å². The predicted octanol–water partition coefficient (Wildman–Crippen LogP) is 10.1. The maximum atomic E-state index is 9.96. The van der Waals surface area contributed by atoms with Crippen LogP contribution in [0.25, 0.3) is 77.3 Å². The molecule has 5 heteroatoms. The molecular weight excluding hydrogens is 542 g/mol. The number of hydrogen-bond donors (Lipinski definition) is 0. The molecule has 0 N–H and O–H groups in total. The fourth-order valence-electron chi connectivity index (χ4n) is 6.20. The molecule has 0 atom stereocenters. The number of hydrogen-bond acceptors (Lipinski definition) is 5. The lowest BCUT2D eigenvalue weighted by Crippen LogP contribution is -1.89. The van der Waals surface area contributed by atoms with Crippen LogP contribution in [0.2, 0.25) is 0 Å². The molecule has 0 saturated carbocycles. The SMILES string of the molecule is N#Cc1ccccc1-c1cc(-c2cccc3c2oc2c(C#N)cccc23)cc(-c2cccc3c2oc2c(C#N)cccc23)c1. The van der Waals surface area contributed by atoms with Crippen LogP contribution in [0.3, 0.4) is 0 Å². The second-order valence-corrected chi connectivity index (χ2v) is 10.6. The lowest BCUT2D eigenvalue weighted by Gasteiger charge is -2.13. The number of rotatable bonds is 3. The number of para-hydroxylation sites is 4. The van der Waals surface area contributed by atoms with E-state index in [1.807, 2.05) is 84.9 Å². The number of benzene rings is 6. The number of furan rings is 2. The van der Waals surface area contributed by atoms with Gasteiger partial charge >= 0.3 is 0 Å². The summed E-state index contributed by atoms with van der Waals surface area (Å²) in [6.45, 7) is 0. The second kappa shape index (κ2) is 9.74. The van der Waals surface area contributed by atoms with Crippen molar-refractivity contribution in [2.45, 2.75) is 0 Å². The van der Waals surface area contributed by atoms with Gasteiger partial charge in [-0.05, 0) is 58.7 Å². The van der Waals surface area contributed by atoms with E-state index < -0.39 is 0 Å². The molecule has 6 aromatic carbocycles. The van der Waals surface area contributed by atoms with E-state index in [4.69, 9.17) is 8.83 Å². The molecular formula is C39H19N3O2. The van der Waals surface area contributed by atoms with E-state index in [9.17, 15) is 15.8 Å². The molecule has 44 heavy (non-hydrogen) atoms. The molecule has 0 fully saturated rings. The fourth-order valence-corrected chi connectivity index (χ4v) is 6.20. The zero-order valence-corrected chi connectivity index (χ0v) is 23.1. The van der Waals surface area contributed by atoms with Crippen molar-refractivity contribution in [1.29, 1.82) is 15.8 Å². The summed E-state index contributed by atoms with van der Waals surface area (Å²) in [5.74, 6) is 0. The van der Waals surface area contributed by atoms with Gasteiger partial charge < -0.3 is 8.83 Å². The third kappa shape index (κ3) is 3.70.